The molecule has 0 saturated carbocycles. The zero-order valence-corrected chi connectivity index (χ0v) is 8.50. The fourth-order valence-corrected chi connectivity index (χ4v) is 1.24. The molecule has 0 radical (unpaired) electrons. The van der Waals surface area contributed by atoms with E-state index in [0.717, 1.165) is 12.1 Å². The Morgan fingerprint density at radius 1 is 1.40 bits per heavy atom. The molecule has 3 N–H and O–H groups in total. The first-order chi connectivity index (χ1) is 6.99. The highest BCUT2D eigenvalue weighted by molar-refractivity contribution is 5.34. The summed E-state index contributed by atoms with van der Waals surface area (Å²) < 4.78 is 31.5. The summed E-state index contributed by atoms with van der Waals surface area (Å²) in [7, 11) is 1.26. The summed E-state index contributed by atoms with van der Waals surface area (Å²) in [6, 6.07) is 1.42. The molecule has 0 aliphatic carbocycles. The highest BCUT2D eigenvalue weighted by atomic mass is 19.1. The van der Waals surface area contributed by atoms with Crippen LogP contribution in [0.15, 0.2) is 12.1 Å². The molecular formula is C10H13F2NO2. The minimum atomic E-state index is -1.39. The molecule has 0 aromatic heterocycles. The smallest absolute Gasteiger partial charge is 0.173 e. The van der Waals surface area contributed by atoms with Crippen molar-refractivity contribution in [3.05, 3.63) is 29.3 Å². The van der Waals surface area contributed by atoms with Crippen molar-refractivity contribution >= 4 is 0 Å². The van der Waals surface area contributed by atoms with Crippen molar-refractivity contribution in [3.63, 3.8) is 0 Å². The summed E-state index contributed by atoms with van der Waals surface area (Å²) >= 11 is 0. The van der Waals surface area contributed by atoms with E-state index in [4.69, 9.17) is 5.73 Å². The maximum absolute atomic E-state index is 13.6. The van der Waals surface area contributed by atoms with Gasteiger partial charge >= 0.3 is 0 Å². The maximum atomic E-state index is 13.6. The Balaban J connectivity index is 3.26. The van der Waals surface area contributed by atoms with Crippen LogP contribution in [0.2, 0.25) is 0 Å². The number of methoxy groups -OCH3 is 1. The molecule has 5 heteroatoms. The van der Waals surface area contributed by atoms with E-state index in [1.165, 1.54) is 14.0 Å². The zero-order chi connectivity index (χ0) is 11.6. The predicted octanol–water partition coefficient (Wildman–Crippen LogP) is 1.35. The van der Waals surface area contributed by atoms with Gasteiger partial charge in [-0.25, -0.2) is 8.78 Å². The molecule has 0 fully saturated rings. The largest absolute Gasteiger partial charge is 0.494 e. The van der Waals surface area contributed by atoms with Crippen molar-refractivity contribution in [2.24, 2.45) is 5.73 Å². The lowest BCUT2D eigenvalue weighted by molar-refractivity contribution is 0.143. The van der Waals surface area contributed by atoms with E-state index < -0.39 is 29.3 Å². The topological polar surface area (TPSA) is 55.5 Å². The molecule has 2 atom stereocenters. The average molecular weight is 217 g/mol. The Bertz CT molecular complexity index is 356. The number of ether oxygens (including phenoxy) is 1. The van der Waals surface area contributed by atoms with Crippen molar-refractivity contribution in [2.75, 3.05) is 7.11 Å². The Morgan fingerprint density at radius 3 is 2.47 bits per heavy atom. The van der Waals surface area contributed by atoms with Gasteiger partial charge < -0.3 is 15.6 Å². The Labute approximate surface area is 86.5 Å². The van der Waals surface area contributed by atoms with E-state index in [9.17, 15) is 13.9 Å². The minimum absolute atomic E-state index is 0.119. The third-order valence-electron chi connectivity index (χ3n) is 2.10. The van der Waals surface area contributed by atoms with Crippen LogP contribution in [0.4, 0.5) is 8.78 Å². The van der Waals surface area contributed by atoms with Crippen LogP contribution >= 0.6 is 0 Å². The molecule has 0 spiro atoms. The van der Waals surface area contributed by atoms with Crippen LogP contribution in [0, 0.1) is 11.6 Å². The first-order valence-electron chi connectivity index (χ1n) is 4.44. The number of benzene rings is 1. The number of aliphatic hydroxyl groups excluding tert-OH is 1. The molecule has 0 aliphatic rings. The monoisotopic (exact) mass is 217 g/mol. The van der Waals surface area contributed by atoms with Gasteiger partial charge in [0.1, 0.15) is 5.82 Å². The van der Waals surface area contributed by atoms with Crippen molar-refractivity contribution in [1.82, 2.24) is 0 Å². The van der Waals surface area contributed by atoms with Gasteiger partial charge in [0.2, 0.25) is 0 Å². The molecule has 84 valence electrons. The van der Waals surface area contributed by atoms with E-state index in [1.807, 2.05) is 0 Å². The molecule has 2 unspecified atom stereocenters. The van der Waals surface area contributed by atoms with Gasteiger partial charge in [-0.3, -0.25) is 0 Å². The van der Waals surface area contributed by atoms with Crippen LogP contribution in [-0.4, -0.2) is 18.3 Å². The van der Waals surface area contributed by atoms with Crippen LogP contribution < -0.4 is 10.5 Å². The van der Waals surface area contributed by atoms with Gasteiger partial charge in [0.05, 0.1) is 18.8 Å². The van der Waals surface area contributed by atoms with Crippen LogP contribution in [0.1, 0.15) is 18.6 Å². The first-order valence-corrected chi connectivity index (χ1v) is 4.44. The normalized spacial score (nSPS) is 14.8. The van der Waals surface area contributed by atoms with Crippen molar-refractivity contribution < 1.29 is 18.6 Å². The van der Waals surface area contributed by atoms with Gasteiger partial charge in [-0.2, -0.15) is 0 Å². The van der Waals surface area contributed by atoms with Crippen LogP contribution in [0.25, 0.3) is 0 Å². The third kappa shape index (κ3) is 2.24. The Kier molecular flexibility index (Phi) is 3.60. The minimum Gasteiger partial charge on any atom is -0.494 e. The second-order valence-electron chi connectivity index (χ2n) is 3.28. The van der Waals surface area contributed by atoms with E-state index in [0.29, 0.717) is 0 Å². The molecule has 0 heterocycles. The molecule has 1 aromatic carbocycles. The lowest BCUT2D eigenvalue weighted by Crippen LogP contribution is -2.26. The fourth-order valence-electron chi connectivity index (χ4n) is 1.24. The summed E-state index contributed by atoms with van der Waals surface area (Å²) in [6.07, 6.45) is -1.39. The molecule has 1 rings (SSSR count). The Morgan fingerprint density at radius 2 is 2.00 bits per heavy atom. The average Bonchev–Trinajstić information content (AvgIpc) is 2.17. The van der Waals surface area contributed by atoms with Crippen LogP contribution in [0.3, 0.4) is 0 Å². The Hall–Kier alpha value is -1.20. The summed E-state index contributed by atoms with van der Waals surface area (Å²) in [5.41, 5.74) is 4.92. The fraction of sp³-hybridized carbons (Fsp3) is 0.400. The number of nitrogens with two attached hydrogens (primary N) is 1. The molecule has 0 amide bonds. The molecule has 0 saturated heterocycles. The quantitative estimate of drug-likeness (QED) is 0.803. The van der Waals surface area contributed by atoms with E-state index >= 15 is 0 Å². The number of halogens is 2. The van der Waals surface area contributed by atoms with Gasteiger partial charge in [-0.05, 0) is 19.1 Å². The second kappa shape index (κ2) is 4.55. The van der Waals surface area contributed by atoms with Gasteiger partial charge in [0, 0.05) is 6.04 Å². The van der Waals surface area contributed by atoms with Crippen LogP contribution in [0.5, 0.6) is 5.75 Å². The summed E-state index contributed by atoms with van der Waals surface area (Å²) in [6.45, 7) is 1.46. The molecular weight excluding hydrogens is 204 g/mol. The molecule has 1 aromatic rings. The number of aliphatic hydroxyl groups is 1. The number of rotatable bonds is 3. The van der Waals surface area contributed by atoms with Crippen molar-refractivity contribution in [1.29, 1.82) is 0 Å². The highest BCUT2D eigenvalue weighted by Crippen LogP contribution is 2.28. The lowest BCUT2D eigenvalue weighted by Gasteiger charge is -2.17. The molecule has 0 aliphatic heterocycles. The second-order valence-corrected chi connectivity index (χ2v) is 3.28. The van der Waals surface area contributed by atoms with Crippen LogP contribution in [-0.2, 0) is 0 Å². The third-order valence-corrected chi connectivity index (χ3v) is 2.10. The molecule has 3 nitrogen and oxygen atoms in total. The van der Waals surface area contributed by atoms with Gasteiger partial charge in [0.25, 0.3) is 0 Å². The standard InChI is InChI=1S/C10H13F2NO2/c1-5(13)10(14)8-6(11)3-4-7(15-2)9(8)12/h3-5,10,14H,13H2,1-2H3. The summed E-state index contributed by atoms with van der Waals surface area (Å²) in [5.74, 6) is -1.87. The van der Waals surface area contributed by atoms with Crippen molar-refractivity contribution in [3.8, 4) is 5.75 Å². The predicted molar refractivity (Wildman–Crippen MR) is 51.5 cm³/mol. The molecule has 15 heavy (non-hydrogen) atoms. The summed E-state index contributed by atoms with van der Waals surface area (Å²) in [4.78, 5) is 0. The van der Waals surface area contributed by atoms with Gasteiger partial charge in [-0.15, -0.1) is 0 Å². The number of hydrogen-bond acceptors (Lipinski definition) is 3. The maximum Gasteiger partial charge on any atom is 0.173 e. The van der Waals surface area contributed by atoms with E-state index in [2.05, 4.69) is 4.74 Å². The van der Waals surface area contributed by atoms with Gasteiger partial charge in [0.15, 0.2) is 11.6 Å². The highest BCUT2D eigenvalue weighted by Gasteiger charge is 2.23. The van der Waals surface area contributed by atoms with E-state index in [1.54, 1.807) is 0 Å². The van der Waals surface area contributed by atoms with Crippen molar-refractivity contribution in [2.45, 2.75) is 19.1 Å². The first kappa shape index (κ1) is 11.9. The zero-order valence-electron chi connectivity index (χ0n) is 8.50. The number of hydrogen-bond donors (Lipinski definition) is 2. The SMILES string of the molecule is COc1ccc(F)c(C(O)C(C)N)c1F. The van der Waals surface area contributed by atoms with E-state index in [-0.39, 0.29) is 5.75 Å². The molecule has 0 bridgehead atoms. The lowest BCUT2D eigenvalue weighted by atomic mass is 10.0. The van der Waals surface area contributed by atoms with Gasteiger partial charge in [-0.1, -0.05) is 0 Å². The summed E-state index contributed by atoms with van der Waals surface area (Å²) in [5, 5.41) is 9.52.